The molecule has 2 aromatic heterocycles. The molecule has 1 saturated heterocycles. The van der Waals surface area contributed by atoms with Crippen LogP contribution >= 0.6 is 23.1 Å². The van der Waals surface area contributed by atoms with E-state index in [-0.39, 0.29) is 23.5 Å². The number of amides is 1. The lowest BCUT2D eigenvalue weighted by Crippen LogP contribution is -2.31. The number of benzene rings is 1. The summed E-state index contributed by atoms with van der Waals surface area (Å²) in [4.78, 5) is 15.8. The molecule has 1 aliphatic heterocycles. The van der Waals surface area contributed by atoms with Gasteiger partial charge in [0, 0.05) is 17.0 Å². The molecule has 1 unspecified atom stereocenters. The van der Waals surface area contributed by atoms with E-state index in [9.17, 15) is 9.18 Å². The van der Waals surface area contributed by atoms with Gasteiger partial charge in [-0.2, -0.15) is 0 Å². The summed E-state index contributed by atoms with van der Waals surface area (Å²) in [7, 11) is 0. The minimum absolute atomic E-state index is 0.0763. The van der Waals surface area contributed by atoms with Gasteiger partial charge in [-0.25, -0.2) is 4.39 Å². The van der Waals surface area contributed by atoms with E-state index in [1.807, 2.05) is 16.3 Å². The predicted octanol–water partition coefficient (Wildman–Crippen LogP) is 4.39. The van der Waals surface area contributed by atoms with Crippen LogP contribution in [0.1, 0.15) is 23.8 Å². The summed E-state index contributed by atoms with van der Waals surface area (Å²) in [6, 6.07) is 10.1. The lowest BCUT2D eigenvalue weighted by molar-refractivity contribution is -0.129. The number of halogens is 1. The number of hydrogen-bond donors (Lipinski definition) is 0. The van der Waals surface area contributed by atoms with E-state index in [0.29, 0.717) is 16.7 Å². The van der Waals surface area contributed by atoms with Crippen LogP contribution in [-0.4, -0.2) is 33.3 Å². The Morgan fingerprint density at radius 2 is 2.15 bits per heavy atom. The fraction of sp³-hybridized carbons (Fsp3) is 0.278. The Kier molecular flexibility index (Phi) is 5.03. The lowest BCUT2D eigenvalue weighted by Gasteiger charge is -2.23. The first kappa shape index (κ1) is 17.2. The van der Waals surface area contributed by atoms with Crippen molar-refractivity contribution >= 4 is 29.0 Å². The fourth-order valence-electron chi connectivity index (χ4n) is 3.03. The van der Waals surface area contributed by atoms with Gasteiger partial charge in [-0.15, -0.1) is 21.5 Å². The van der Waals surface area contributed by atoms with E-state index in [2.05, 4.69) is 16.3 Å². The fourth-order valence-corrected chi connectivity index (χ4v) is 4.55. The number of nitrogens with zero attached hydrogens (tertiary/aromatic N) is 3. The minimum Gasteiger partial charge on any atom is -0.411 e. The molecule has 1 aromatic carbocycles. The summed E-state index contributed by atoms with van der Waals surface area (Å²) in [5, 5.41) is 10.3. The van der Waals surface area contributed by atoms with Gasteiger partial charge in [0.05, 0.1) is 11.8 Å². The maximum Gasteiger partial charge on any atom is 0.277 e. The third-order valence-corrected chi connectivity index (χ3v) is 6.04. The van der Waals surface area contributed by atoms with Gasteiger partial charge in [0.25, 0.3) is 5.22 Å². The maximum absolute atomic E-state index is 13.0. The Morgan fingerprint density at radius 1 is 1.31 bits per heavy atom. The number of carbonyl (C=O) groups excluding carboxylic acids is 1. The SMILES string of the molecule is O=C(CSc1nnc(-c2ccc(F)cc2)o1)N1CCCC1c1cccs1. The van der Waals surface area contributed by atoms with Crippen molar-refractivity contribution in [2.24, 2.45) is 0 Å². The number of rotatable bonds is 5. The smallest absolute Gasteiger partial charge is 0.277 e. The van der Waals surface area contributed by atoms with Gasteiger partial charge < -0.3 is 9.32 Å². The van der Waals surface area contributed by atoms with Gasteiger partial charge in [0.15, 0.2) is 0 Å². The van der Waals surface area contributed by atoms with Crippen LogP contribution in [-0.2, 0) is 4.79 Å². The first-order valence-corrected chi connectivity index (χ1v) is 10.1. The van der Waals surface area contributed by atoms with Crippen molar-refractivity contribution in [2.75, 3.05) is 12.3 Å². The normalized spacial score (nSPS) is 17.0. The number of hydrogen-bond acceptors (Lipinski definition) is 6. The molecule has 0 saturated carbocycles. The molecule has 0 N–H and O–H groups in total. The second-order valence-corrected chi connectivity index (χ2v) is 7.84. The molecule has 1 atom stereocenters. The van der Waals surface area contributed by atoms with E-state index >= 15 is 0 Å². The van der Waals surface area contributed by atoms with Gasteiger partial charge in [0.2, 0.25) is 11.8 Å². The quantitative estimate of drug-likeness (QED) is 0.606. The van der Waals surface area contributed by atoms with Gasteiger partial charge >= 0.3 is 0 Å². The van der Waals surface area contributed by atoms with Crippen LogP contribution in [0.2, 0.25) is 0 Å². The molecule has 1 amide bonds. The summed E-state index contributed by atoms with van der Waals surface area (Å²) in [5.74, 6) is 0.330. The summed E-state index contributed by atoms with van der Waals surface area (Å²) in [6.45, 7) is 0.784. The molecule has 26 heavy (non-hydrogen) atoms. The molecule has 0 aliphatic carbocycles. The summed E-state index contributed by atoms with van der Waals surface area (Å²) < 4.78 is 18.6. The van der Waals surface area contributed by atoms with Gasteiger partial charge in [-0.05, 0) is 48.6 Å². The van der Waals surface area contributed by atoms with Crippen LogP contribution in [0.15, 0.2) is 51.4 Å². The number of carbonyl (C=O) groups is 1. The highest BCUT2D eigenvalue weighted by atomic mass is 32.2. The zero-order chi connectivity index (χ0) is 17.9. The van der Waals surface area contributed by atoms with Crippen molar-refractivity contribution in [2.45, 2.75) is 24.1 Å². The van der Waals surface area contributed by atoms with E-state index in [4.69, 9.17) is 4.42 Å². The molecule has 1 aliphatic rings. The molecule has 5 nitrogen and oxygen atoms in total. The number of thiophene rings is 1. The second-order valence-electron chi connectivity index (χ2n) is 5.93. The monoisotopic (exact) mass is 389 g/mol. The zero-order valence-corrected chi connectivity index (χ0v) is 15.4. The molecule has 134 valence electrons. The van der Waals surface area contributed by atoms with Crippen LogP contribution in [0.25, 0.3) is 11.5 Å². The molecule has 0 spiro atoms. The average Bonchev–Trinajstić information content (AvgIpc) is 3.40. The summed E-state index contributed by atoms with van der Waals surface area (Å²) in [5.41, 5.74) is 0.648. The second kappa shape index (κ2) is 7.59. The molecule has 8 heteroatoms. The maximum atomic E-state index is 13.0. The van der Waals surface area contributed by atoms with Crippen molar-refractivity contribution in [1.82, 2.24) is 15.1 Å². The number of likely N-dealkylation sites (tertiary alicyclic amines) is 1. The molecule has 3 aromatic rings. The van der Waals surface area contributed by atoms with Crippen molar-refractivity contribution in [3.8, 4) is 11.5 Å². The number of thioether (sulfide) groups is 1. The van der Waals surface area contributed by atoms with E-state index in [1.165, 1.54) is 28.8 Å². The Balaban J connectivity index is 1.38. The predicted molar refractivity (Wildman–Crippen MR) is 98.4 cm³/mol. The van der Waals surface area contributed by atoms with Crippen LogP contribution in [0.4, 0.5) is 4.39 Å². The Morgan fingerprint density at radius 3 is 2.92 bits per heavy atom. The van der Waals surface area contributed by atoms with Crippen molar-refractivity contribution in [3.63, 3.8) is 0 Å². The Bertz CT molecular complexity index is 880. The first-order valence-electron chi connectivity index (χ1n) is 8.26. The highest BCUT2D eigenvalue weighted by Gasteiger charge is 2.30. The van der Waals surface area contributed by atoms with Crippen molar-refractivity contribution in [3.05, 3.63) is 52.5 Å². The van der Waals surface area contributed by atoms with E-state index in [1.54, 1.807) is 23.5 Å². The van der Waals surface area contributed by atoms with Crippen LogP contribution in [0.5, 0.6) is 0 Å². The molecule has 1 fully saturated rings. The topological polar surface area (TPSA) is 59.2 Å². The van der Waals surface area contributed by atoms with Crippen molar-refractivity contribution in [1.29, 1.82) is 0 Å². The lowest BCUT2D eigenvalue weighted by atomic mass is 10.2. The van der Waals surface area contributed by atoms with Crippen molar-refractivity contribution < 1.29 is 13.6 Å². The van der Waals surface area contributed by atoms with Gasteiger partial charge in [-0.1, -0.05) is 17.8 Å². The largest absolute Gasteiger partial charge is 0.411 e. The highest BCUT2D eigenvalue weighted by Crippen LogP contribution is 2.35. The molecule has 0 bridgehead atoms. The number of aromatic nitrogens is 2. The van der Waals surface area contributed by atoms with Gasteiger partial charge in [0.1, 0.15) is 5.82 Å². The molecule has 4 rings (SSSR count). The van der Waals surface area contributed by atoms with E-state index in [0.717, 1.165) is 19.4 Å². The molecule has 3 heterocycles. The average molecular weight is 389 g/mol. The molecule has 0 radical (unpaired) electrons. The Labute approximate surface area is 158 Å². The van der Waals surface area contributed by atoms with Crippen LogP contribution in [0.3, 0.4) is 0 Å². The minimum atomic E-state index is -0.320. The van der Waals surface area contributed by atoms with Crippen LogP contribution < -0.4 is 0 Å². The molecular formula is C18H16FN3O2S2. The standard InChI is InChI=1S/C18H16FN3O2S2/c19-13-7-5-12(6-8-13)17-20-21-18(24-17)26-11-16(23)22-9-1-3-14(22)15-4-2-10-25-15/h2,4-8,10,14H,1,3,9,11H2. The van der Waals surface area contributed by atoms with Crippen LogP contribution in [0, 0.1) is 5.82 Å². The Hall–Kier alpha value is -2.19. The third-order valence-electron chi connectivity index (χ3n) is 4.26. The summed E-state index contributed by atoms with van der Waals surface area (Å²) >= 11 is 2.92. The van der Waals surface area contributed by atoms with E-state index < -0.39 is 0 Å². The van der Waals surface area contributed by atoms with Gasteiger partial charge in [-0.3, -0.25) is 4.79 Å². The highest BCUT2D eigenvalue weighted by molar-refractivity contribution is 7.99. The molecular weight excluding hydrogens is 373 g/mol. The zero-order valence-electron chi connectivity index (χ0n) is 13.8. The third kappa shape index (κ3) is 3.66. The summed E-state index contributed by atoms with van der Waals surface area (Å²) in [6.07, 6.45) is 2.03. The first-order chi connectivity index (χ1) is 12.7.